The van der Waals surface area contributed by atoms with Crippen LogP contribution in [-0.2, 0) is 15.0 Å². The lowest BCUT2D eigenvalue weighted by atomic mass is 9.87. The average molecular weight is 383 g/mol. The fraction of sp³-hybridized carbons (Fsp3) is 0.471. The topological polar surface area (TPSA) is 49.4 Å². The molecule has 1 aliphatic rings. The van der Waals surface area contributed by atoms with E-state index in [-0.39, 0.29) is 17.2 Å². The second kappa shape index (κ2) is 8.36. The molecule has 4 nitrogen and oxygen atoms in total. The molecule has 2 rings (SSSR count). The molecule has 1 heterocycles. The molecule has 0 bridgehead atoms. The van der Waals surface area contributed by atoms with Crippen LogP contribution in [0.5, 0.6) is 0 Å². The molecule has 0 radical (unpaired) electrons. The van der Waals surface area contributed by atoms with Crippen molar-refractivity contribution in [2.45, 2.75) is 31.1 Å². The van der Waals surface area contributed by atoms with Gasteiger partial charge in [-0.25, -0.2) is 0 Å². The van der Waals surface area contributed by atoms with Gasteiger partial charge < -0.3 is 5.32 Å². The molecule has 1 saturated heterocycles. The SMILES string of the molecule is CC(C)(C)c1ccc(SCC(=O)NCCN2C(=O)CSC2=S)cc1. The van der Waals surface area contributed by atoms with Gasteiger partial charge >= 0.3 is 0 Å². The lowest BCUT2D eigenvalue weighted by Crippen LogP contribution is -2.37. The van der Waals surface area contributed by atoms with E-state index < -0.39 is 0 Å². The summed E-state index contributed by atoms with van der Waals surface area (Å²) in [6.45, 7) is 7.41. The molecule has 0 spiro atoms. The van der Waals surface area contributed by atoms with E-state index in [2.05, 4.69) is 50.4 Å². The summed E-state index contributed by atoms with van der Waals surface area (Å²) in [5.41, 5.74) is 1.41. The van der Waals surface area contributed by atoms with E-state index in [0.29, 0.717) is 28.9 Å². The van der Waals surface area contributed by atoms with E-state index in [1.807, 2.05) is 0 Å². The average Bonchev–Trinajstić information content (AvgIpc) is 2.84. The van der Waals surface area contributed by atoms with E-state index >= 15 is 0 Å². The molecule has 24 heavy (non-hydrogen) atoms. The Morgan fingerprint density at radius 1 is 1.33 bits per heavy atom. The van der Waals surface area contributed by atoms with Gasteiger partial charge in [0, 0.05) is 18.0 Å². The highest BCUT2D eigenvalue weighted by Gasteiger charge is 2.25. The van der Waals surface area contributed by atoms with Crippen molar-refractivity contribution in [1.82, 2.24) is 10.2 Å². The minimum absolute atomic E-state index is 0.0209. The first-order valence-corrected chi connectivity index (χ1v) is 10.1. The molecule has 1 N–H and O–H groups in total. The summed E-state index contributed by atoms with van der Waals surface area (Å²) >= 11 is 7.98. The number of thioether (sulfide) groups is 2. The summed E-state index contributed by atoms with van der Waals surface area (Å²) in [6.07, 6.45) is 0. The summed E-state index contributed by atoms with van der Waals surface area (Å²) < 4.78 is 0.600. The maximum atomic E-state index is 11.9. The zero-order valence-corrected chi connectivity index (χ0v) is 16.6. The molecule has 1 aromatic rings. The number of rotatable bonds is 6. The van der Waals surface area contributed by atoms with Gasteiger partial charge in [-0.1, -0.05) is 56.9 Å². The lowest BCUT2D eigenvalue weighted by molar-refractivity contribution is -0.124. The minimum Gasteiger partial charge on any atom is -0.354 e. The van der Waals surface area contributed by atoms with Crippen LogP contribution in [0.3, 0.4) is 0 Å². The highest BCUT2D eigenvalue weighted by atomic mass is 32.2. The van der Waals surface area contributed by atoms with Crippen molar-refractivity contribution >= 4 is 51.9 Å². The maximum Gasteiger partial charge on any atom is 0.238 e. The number of carbonyl (C=O) groups is 2. The number of hydrogen-bond donors (Lipinski definition) is 1. The Bertz CT molecular complexity index is 608. The predicted octanol–water partition coefficient (Wildman–Crippen LogP) is 3.05. The van der Waals surface area contributed by atoms with Gasteiger partial charge in [0.25, 0.3) is 0 Å². The number of nitrogens with one attached hydrogen (secondary N) is 1. The molecule has 0 saturated carbocycles. The molecule has 0 aliphatic carbocycles. The number of carbonyl (C=O) groups excluding carboxylic acids is 2. The highest BCUT2D eigenvalue weighted by molar-refractivity contribution is 8.23. The third-order valence-corrected chi connectivity index (χ3v) is 6.03. The molecule has 1 aromatic carbocycles. The molecular formula is C17H22N2O2S3. The van der Waals surface area contributed by atoms with Gasteiger partial charge in [-0.05, 0) is 23.1 Å². The Hall–Kier alpha value is -1.05. The Morgan fingerprint density at radius 2 is 2.00 bits per heavy atom. The quantitative estimate of drug-likeness (QED) is 0.605. The standard InChI is InChI=1S/C17H22N2O2S3/c1-17(2,3)12-4-6-13(7-5-12)23-10-14(20)18-8-9-19-15(21)11-24-16(19)22/h4-7H,8-11H2,1-3H3,(H,18,20). The monoisotopic (exact) mass is 382 g/mol. The van der Waals surface area contributed by atoms with Gasteiger partial charge in [-0.15, -0.1) is 11.8 Å². The first-order chi connectivity index (χ1) is 11.3. The van der Waals surface area contributed by atoms with Gasteiger partial charge in [-0.2, -0.15) is 0 Å². The molecule has 1 aliphatic heterocycles. The number of benzene rings is 1. The zero-order chi connectivity index (χ0) is 17.7. The summed E-state index contributed by atoms with van der Waals surface area (Å²) in [4.78, 5) is 26.1. The second-order valence-corrected chi connectivity index (χ2v) is 9.17. The smallest absolute Gasteiger partial charge is 0.238 e. The third-order valence-electron chi connectivity index (χ3n) is 3.59. The van der Waals surface area contributed by atoms with Crippen LogP contribution in [0, 0.1) is 0 Å². The Morgan fingerprint density at radius 3 is 2.54 bits per heavy atom. The number of nitrogens with zero attached hydrogens (tertiary/aromatic N) is 1. The maximum absolute atomic E-state index is 11.9. The molecule has 2 amide bonds. The first kappa shape index (κ1) is 19.3. The molecule has 0 atom stereocenters. The summed E-state index contributed by atoms with van der Waals surface area (Å²) in [5.74, 6) is 0.757. The zero-order valence-electron chi connectivity index (χ0n) is 14.1. The van der Waals surface area contributed by atoms with Gasteiger partial charge in [0.15, 0.2) is 0 Å². The van der Waals surface area contributed by atoms with Crippen LogP contribution in [0.15, 0.2) is 29.2 Å². The summed E-state index contributed by atoms with van der Waals surface area (Å²) in [7, 11) is 0. The largest absolute Gasteiger partial charge is 0.354 e. The molecule has 0 unspecified atom stereocenters. The normalized spacial score (nSPS) is 15.0. The van der Waals surface area contributed by atoms with E-state index in [1.165, 1.54) is 29.1 Å². The van der Waals surface area contributed by atoms with E-state index in [4.69, 9.17) is 12.2 Å². The van der Waals surface area contributed by atoms with E-state index in [9.17, 15) is 9.59 Å². The fourth-order valence-electron chi connectivity index (χ4n) is 2.16. The Kier molecular flexibility index (Phi) is 6.71. The van der Waals surface area contributed by atoms with Crippen LogP contribution in [0.2, 0.25) is 0 Å². The van der Waals surface area contributed by atoms with Gasteiger partial charge in [0.1, 0.15) is 4.32 Å². The number of thiocarbonyl (C=S) groups is 1. The van der Waals surface area contributed by atoms with Crippen molar-refractivity contribution in [2.24, 2.45) is 0 Å². The number of hydrogen-bond acceptors (Lipinski definition) is 5. The van der Waals surface area contributed by atoms with E-state index in [0.717, 1.165) is 4.90 Å². The predicted molar refractivity (Wildman–Crippen MR) is 106 cm³/mol. The van der Waals surface area contributed by atoms with Gasteiger partial charge in [-0.3, -0.25) is 14.5 Å². The molecule has 1 fully saturated rings. The van der Waals surface area contributed by atoms with Crippen LogP contribution in [0.25, 0.3) is 0 Å². The molecule has 7 heteroatoms. The Balaban J connectivity index is 1.71. The Labute approximate surface area is 157 Å². The van der Waals surface area contributed by atoms with Crippen LogP contribution in [-0.4, -0.2) is 45.6 Å². The van der Waals surface area contributed by atoms with Crippen molar-refractivity contribution < 1.29 is 9.59 Å². The van der Waals surface area contributed by atoms with Crippen molar-refractivity contribution in [1.29, 1.82) is 0 Å². The minimum atomic E-state index is -0.0369. The van der Waals surface area contributed by atoms with Crippen LogP contribution in [0.4, 0.5) is 0 Å². The van der Waals surface area contributed by atoms with E-state index in [1.54, 1.807) is 4.90 Å². The highest BCUT2D eigenvalue weighted by Crippen LogP contribution is 2.25. The summed E-state index contributed by atoms with van der Waals surface area (Å²) in [6, 6.07) is 8.32. The van der Waals surface area contributed by atoms with Crippen molar-refractivity contribution in [2.75, 3.05) is 24.6 Å². The van der Waals surface area contributed by atoms with Crippen LogP contribution >= 0.6 is 35.7 Å². The first-order valence-electron chi connectivity index (χ1n) is 7.74. The van der Waals surface area contributed by atoms with Gasteiger partial charge in [0.05, 0.1) is 11.5 Å². The lowest BCUT2D eigenvalue weighted by Gasteiger charge is -2.19. The van der Waals surface area contributed by atoms with Crippen LogP contribution < -0.4 is 5.32 Å². The molecular weight excluding hydrogens is 360 g/mol. The van der Waals surface area contributed by atoms with Gasteiger partial charge in [0.2, 0.25) is 11.8 Å². The number of amides is 2. The third kappa shape index (κ3) is 5.50. The van der Waals surface area contributed by atoms with Crippen molar-refractivity contribution in [3.8, 4) is 0 Å². The van der Waals surface area contributed by atoms with Crippen molar-refractivity contribution in [3.63, 3.8) is 0 Å². The second-order valence-electron chi connectivity index (χ2n) is 6.51. The van der Waals surface area contributed by atoms with Crippen molar-refractivity contribution in [3.05, 3.63) is 29.8 Å². The molecule has 130 valence electrons. The summed E-state index contributed by atoms with van der Waals surface area (Å²) in [5, 5.41) is 2.83. The molecule has 0 aromatic heterocycles. The fourth-order valence-corrected chi connectivity index (χ4v) is 4.01. The van der Waals surface area contributed by atoms with Crippen LogP contribution in [0.1, 0.15) is 26.3 Å².